The summed E-state index contributed by atoms with van der Waals surface area (Å²) in [4.78, 5) is 38.3. The zero-order valence-corrected chi connectivity index (χ0v) is 47.1. The molecule has 0 aliphatic rings. The Kier molecular flexibility index (Phi) is 57.2. The van der Waals surface area contributed by atoms with E-state index in [-0.39, 0.29) is 31.1 Å². The number of hydrogen-bond acceptors (Lipinski definition) is 6. The van der Waals surface area contributed by atoms with E-state index in [1.54, 1.807) is 0 Å². The fraction of sp³-hybridized carbons (Fsp3) is 0.859. The SMILES string of the molecule is CCCCCCC\C=C/C=C\C=C/CCCCCCCC(=O)OCC(COC(=O)CCCCCCCCCCCCCCCCCCC)OC(=O)CCCCCCCCCCCCCCCCCCC. The molecule has 1 unspecified atom stereocenters. The van der Waals surface area contributed by atoms with Crippen LogP contribution in [0, 0.1) is 0 Å². The van der Waals surface area contributed by atoms with E-state index in [9.17, 15) is 14.4 Å². The molecular weight excluding hydrogens is 865 g/mol. The van der Waals surface area contributed by atoms with Crippen LogP contribution in [-0.2, 0) is 28.6 Å². The zero-order chi connectivity index (χ0) is 50.7. The van der Waals surface area contributed by atoms with E-state index in [4.69, 9.17) is 14.2 Å². The Morgan fingerprint density at radius 1 is 0.286 bits per heavy atom. The van der Waals surface area contributed by atoms with E-state index >= 15 is 0 Å². The summed E-state index contributed by atoms with van der Waals surface area (Å²) in [6.07, 6.45) is 71.4. The van der Waals surface area contributed by atoms with Gasteiger partial charge < -0.3 is 14.2 Å². The predicted octanol–water partition coefficient (Wildman–Crippen LogP) is 20.8. The van der Waals surface area contributed by atoms with Crippen molar-refractivity contribution in [1.29, 1.82) is 0 Å². The van der Waals surface area contributed by atoms with Gasteiger partial charge in [-0.2, -0.15) is 0 Å². The highest BCUT2D eigenvalue weighted by Gasteiger charge is 2.19. The summed E-state index contributed by atoms with van der Waals surface area (Å²) in [5, 5.41) is 0. The van der Waals surface area contributed by atoms with Crippen LogP contribution in [0.25, 0.3) is 0 Å². The van der Waals surface area contributed by atoms with Crippen LogP contribution < -0.4 is 0 Å². The minimum atomic E-state index is -0.777. The molecule has 0 saturated heterocycles. The second-order valence-electron chi connectivity index (χ2n) is 21.0. The number of esters is 3. The molecule has 1 atom stereocenters. The van der Waals surface area contributed by atoms with E-state index in [1.807, 2.05) is 0 Å². The van der Waals surface area contributed by atoms with Gasteiger partial charge in [0.05, 0.1) is 0 Å². The standard InChI is InChI=1S/C64H118O6/c1-4-7-10-13-16-19-22-25-28-31-34-36-39-42-45-48-51-54-57-63(66)69-60-61(70-64(67)58-55-52-49-46-43-40-37-33-30-27-24-21-18-15-12-9-6-3)59-68-62(65)56-53-50-47-44-41-38-35-32-29-26-23-20-17-14-11-8-5-2/h22,25,28,31,34,36,61H,4-21,23-24,26-27,29-30,32-33,35,37-60H2,1-3H3/b25-22-,31-28-,36-34-. The minimum absolute atomic E-state index is 0.0734. The van der Waals surface area contributed by atoms with Crippen molar-refractivity contribution < 1.29 is 28.6 Å². The van der Waals surface area contributed by atoms with E-state index in [0.717, 1.165) is 77.0 Å². The molecule has 0 rings (SSSR count). The molecule has 70 heavy (non-hydrogen) atoms. The van der Waals surface area contributed by atoms with E-state index in [2.05, 4.69) is 57.2 Å². The minimum Gasteiger partial charge on any atom is -0.462 e. The van der Waals surface area contributed by atoms with Gasteiger partial charge in [-0.15, -0.1) is 0 Å². The monoisotopic (exact) mass is 983 g/mol. The van der Waals surface area contributed by atoms with Crippen LogP contribution in [0.2, 0.25) is 0 Å². The number of rotatable bonds is 57. The molecule has 0 aliphatic carbocycles. The first kappa shape index (κ1) is 67.6. The number of ether oxygens (including phenoxy) is 3. The van der Waals surface area contributed by atoms with Gasteiger partial charge in [-0.05, 0) is 44.9 Å². The largest absolute Gasteiger partial charge is 0.462 e. The predicted molar refractivity (Wildman–Crippen MR) is 302 cm³/mol. The Hall–Kier alpha value is -2.37. The molecule has 0 bridgehead atoms. The molecular formula is C64H118O6. The van der Waals surface area contributed by atoms with Crippen LogP contribution in [0.5, 0.6) is 0 Å². The quantitative estimate of drug-likeness (QED) is 0.0261. The molecule has 0 amide bonds. The number of hydrogen-bond donors (Lipinski definition) is 0. The Labute approximate surface area is 435 Å². The van der Waals surface area contributed by atoms with E-state index in [1.165, 1.54) is 218 Å². The topological polar surface area (TPSA) is 78.9 Å². The molecule has 0 aromatic heterocycles. The second-order valence-corrected chi connectivity index (χ2v) is 21.0. The van der Waals surface area contributed by atoms with Crippen molar-refractivity contribution in [2.45, 2.75) is 341 Å². The molecule has 0 fully saturated rings. The third-order valence-electron chi connectivity index (χ3n) is 14.0. The highest BCUT2D eigenvalue weighted by Crippen LogP contribution is 2.17. The fourth-order valence-electron chi connectivity index (χ4n) is 9.27. The Morgan fingerprint density at radius 3 is 0.786 bits per heavy atom. The van der Waals surface area contributed by atoms with Crippen LogP contribution >= 0.6 is 0 Å². The lowest BCUT2D eigenvalue weighted by Gasteiger charge is -2.18. The van der Waals surface area contributed by atoms with Gasteiger partial charge in [0.25, 0.3) is 0 Å². The zero-order valence-electron chi connectivity index (χ0n) is 47.1. The van der Waals surface area contributed by atoms with Gasteiger partial charge in [-0.3, -0.25) is 14.4 Å². The molecule has 0 aliphatic heterocycles. The number of carbonyl (C=O) groups excluding carboxylic acids is 3. The van der Waals surface area contributed by atoms with Gasteiger partial charge in [0, 0.05) is 19.3 Å². The highest BCUT2D eigenvalue weighted by molar-refractivity contribution is 5.71. The maximum absolute atomic E-state index is 12.9. The summed E-state index contributed by atoms with van der Waals surface area (Å²) in [7, 11) is 0. The third-order valence-corrected chi connectivity index (χ3v) is 14.0. The summed E-state index contributed by atoms with van der Waals surface area (Å²) in [5.74, 6) is -0.869. The Balaban J connectivity index is 4.37. The molecule has 0 radical (unpaired) electrons. The van der Waals surface area contributed by atoms with E-state index < -0.39 is 6.10 Å². The van der Waals surface area contributed by atoms with Crippen molar-refractivity contribution in [3.05, 3.63) is 36.5 Å². The van der Waals surface area contributed by atoms with Crippen LogP contribution in [0.4, 0.5) is 0 Å². The van der Waals surface area contributed by atoms with Crippen molar-refractivity contribution in [2.24, 2.45) is 0 Å². The van der Waals surface area contributed by atoms with Crippen LogP contribution in [-0.4, -0.2) is 37.2 Å². The molecule has 6 heteroatoms. The normalized spacial score (nSPS) is 12.2. The smallest absolute Gasteiger partial charge is 0.306 e. The van der Waals surface area contributed by atoms with Crippen molar-refractivity contribution >= 4 is 17.9 Å². The van der Waals surface area contributed by atoms with Gasteiger partial charge in [0.2, 0.25) is 0 Å². The van der Waals surface area contributed by atoms with Gasteiger partial charge in [-0.25, -0.2) is 0 Å². The second kappa shape index (κ2) is 59.2. The van der Waals surface area contributed by atoms with Gasteiger partial charge >= 0.3 is 17.9 Å². The van der Waals surface area contributed by atoms with Crippen molar-refractivity contribution in [3.63, 3.8) is 0 Å². The molecule has 6 nitrogen and oxygen atoms in total. The summed E-state index contributed by atoms with van der Waals surface area (Å²) in [5.41, 5.74) is 0. The third kappa shape index (κ3) is 56.5. The number of allylic oxidation sites excluding steroid dienone is 6. The Bertz CT molecular complexity index is 1170. The van der Waals surface area contributed by atoms with Crippen LogP contribution in [0.15, 0.2) is 36.5 Å². The molecule has 0 heterocycles. The van der Waals surface area contributed by atoms with Crippen molar-refractivity contribution in [1.82, 2.24) is 0 Å². The first-order valence-electron chi connectivity index (χ1n) is 31.0. The van der Waals surface area contributed by atoms with Crippen LogP contribution in [0.3, 0.4) is 0 Å². The molecule has 0 aromatic rings. The first-order chi connectivity index (χ1) is 34.5. The van der Waals surface area contributed by atoms with Gasteiger partial charge in [-0.1, -0.05) is 308 Å². The van der Waals surface area contributed by atoms with Crippen molar-refractivity contribution in [2.75, 3.05) is 13.2 Å². The van der Waals surface area contributed by atoms with Gasteiger partial charge in [0.1, 0.15) is 13.2 Å². The van der Waals surface area contributed by atoms with Crippen LogP contribution in [0.1, 0.15) is 335 Å². The molecule has 0 N–H and O–H groups in total. The number of carbonyl (C=O) groups is 3. The molecule has 0 spiro atoms. The average Bonchev–Trinajstić information content (AvgIpc) is 3.36. The maximum Gasteiger partial charge on any atom is 0.306 e. The van der Waals surface area contributed by atoms with E-state index in [0.29, 0.717) is 19.3 Å². The summed E-state index contributed by atoms with van der Waals surface area (Å²) in [6, 6.07) is 0. The summed E-state index contributed by atoms with van der Waals surface area (Å²) < 4.78 is 16.9. The molecule has 0 saturated carbocycles. The maximum atomic E-state index is 12.9. The lowest BCUT2D eigenvalue weighted by Crippen LogP contribution is -2.30. The first-order valence-corrected chi connectivity index (χ1v) is 31.0. The average molecular weight is 984 g/mol. The van der Waals surface area contributed by atoms with Gasteiger partial charge in [0.15, 0.2) is 6.10 Å². The van der Waals surface area contributed by atoms with Crippen molar-refractivity contribution in [3.8, 4) is 0 Å². The fourth-order valence-corrected chi connectivity index (χ4v) is 9.27. The summed E-state index contributed by atoms with van der Waals surface area (Å²) >= 11 is 0. The lowest BCUT2D eigenvalue weighted by atomic mass is 10.0. The number of unbranched alkanes of at least 4 members (excludes halogenated alkanes) is 42. The highest BCUT2D eigenvalue weighted by atomic mass is 16.6. The summed E-state index contributed by atoms with van der Waals surface area (Å²) in [6.45, 7) is 6.67. The lowest BCUT2D eigenvalue weighted by molar-refractivity contribution is -0.167. The Morgan fingerprint density at radius 2 is 0.514 bits per heavy atom. The molecule has 410 valence electrons. The molecule has 0 aromatic carbocycles.